The van der Waals surface area contributed by atoms with Gasteiger partial charge < -0.3 is 14.6 Å². The summed E-state index contributed by atoms with van der Waals surface area (Å²) in [5, 5.41) is 9.94. The van der Waals surface area contributed by atoms with E-state index in [4.69, 9.17) is 9.47 Å². The molecule has 2 fully saturated rings. The smallest absolute Gasteiger partial charge is 0.0718 e. The van der Waals surface area contributed by atoms with Crippen LogP contribution >= 0.6 is 0 Å². The maximum Gasteiger partial charge on any atom is 0.0718 e. The molecule has 4 nitrogen and oxygen atoms in total. The van der Waals surface area contributed by atoms with Crippen LogP contribution in [0.2, 0.25) is 0 Å². The minimum absolute atomic E-state index is 0.226. The van der Waals surface area contributed by atoms with Gasteiger partial charge in [-0.3, -0.25) is 4.90 Å². The van der Waals surface area contributed by atoms with Crippen LogP contribution in [0, 0.1) is 5.92 Å². The van der Waals surface area contributed by atoms with Crippen molar-refractivity contribution in [3.05, 3.63) is 0 Å². The number of hydrogen-bond donors (Lipinski definition) is 1. The van der Waals surface area contributed by atoms with Crippen LogP contribution in [0.3, 0.4) is 0 Å². The predicted octanol–water partition coefficient (Wildman–Crippen LogP) is -0.284. The third kappa shape index (κ3) is 2.67. The van der Waals surface area contributed by atoms with Crippen LogP contribution < -0.4 is 0 Å². The highest BCUT2D eigenvalue weighted by molar-refractivity contribution is 4.76. The maximum absolute atomic E-state index is 9.94. The summed E-state index contributed by atoms with van der Waals surface area (Å²) in [6.45, 7) is 5.81. The van der Waals surface area contributed by atoms with E-state index in [1.165, 1.54) is 0 Å². The number of ether oxygens (including phenoxy) is 2. The summed E-state index contributed by atoms with van der Waals surface area (Å²) >= 11 is 0. The quantitative estimate of drug-likeness (QED) is 0.681. The predicted molar refractivity (Wildman–Crippen MR) is 52.2 cm³/mol. The number of nitrogens with zero attached hydrogens (tertiary/aromatic N) is 1. The largest absolute Gasteiger partial charge is 0.391 e. The third-order valence-electron chi connectivity index (χ3n) is 3.06. The minimum Gasteiger partial charge on any atom is -0.391 e. The average molecular weight is 201 g/mol. The number of β-amino-alcohol motifs (C(OH)–C–C–N with tert-alkyl or cyclic N) is 1. The van der Waals surface area contributed by atoms with Gasteiger partial charge in [0.2, 0.25) is 0 Å². The van der Waals surface area contributed by atoms with Gasteiger partial charge in [-0.25, -0.2) is 0 Å². The standard InChI is InChI=1S/C10H19NO3/c12-10(9-1-4-14-8-9)7-11-2-5-13-6-3-11/h9-10,12H,1-8H2. The topological polar surface area (TPSA) is 41.9 Å². The van der Waals surface area contributed by atoms with Gasteiger partial charge in [-0.05, 0) is 6.42 Å². The third-order valence-corrected chi connectivity index (χ3v) is 3.06. The molecule has 2 unspecified atom stereocenters. The second-order valence-electron chi connectivity index (χ2n) is 4.10. The molecule has 82 valence electrons. The summed E-state index contributed by atoms with van der Waals surface area (Å²) in [5.74, 6) is 0.345. The molecule has 2 saturated heterocycles. The zero-order valence-electron chi connectivity index (χ0n) is 8.52. The zero-order chi connectivity index (χ0) is 9.80. The molecule has 2 atom stereocenters. The molecule has 0 aromatic rings. The summed E-state index contributed by atoms with van der Waals surface area (Å²) < 4.78 is 10.5. The van der Waals surface area contributed by atoms with E-state index >= 15 is 0 Å². The molecule has 4 heteroatoms. The van der Waals surface area contributed by atoms with Crippen LogP contribution in [0.4, 0.5) is 0 Å². The molecule has 0 aromatic heterocycles. The van der Waals surface area contributed by atoms with Crippen LogP contribution in [0.5, 0.6) is 0 Å². The van der Waals surface area contributed by atoms with E-state index in [9.17, 15) is 5.11 Å². The molecule has 0 spiro atoms. The van der Waals surface area contributed by atoms with E-state index in [2.05, 4.69) is 4.90 Å². The van der Waals surface area contributed by atoms with Gasteiger partial charge in [0.1, 0.15) is 0 Å². The lowest BCUT2D eigenvalue weighted by atomic mass is 10.0. The lowest BCUT2D eigenvalue weighted by Gasteiger charge is -2.30. The summed E-state index contributed by atoms with van der Waals surface area (Å²) in [6, 6.07) is 0. The molecule has 2 rings (SSSR count). The molecule has 2 heterocycles. The van der Waals surface area contributed by atoms with Gasteiger partial charge in [-0.1, -0.05) is 0 Å². The van der Waals surface area contributed by atoms with Gasteiger partial charge in [0.15, 0.2) is 0 Å². The molecule has 0 aliphatic carbocycles. The maximum atomic E-state index is 9.94. The highest BCUT2D eigenvalue weighted by atomic mass is 16.5. The molecule has 14 heavy (non-hydrogen) atoms. The molecule has 0 radical (unpaired) electrons. The first-order valence-electron chi connectivity index (χ1n) is 5.42. The molecule has 0 bridgehead atoms. The Balaban J connectivity index is 1.72. The SMILES string of the molecule is OC(CN1CCOCC1)C1CCOC1. The van der Waals surface area contributed by atoms with Crippen molar-refractivity contribution in [2.75, 3.05) is 46.1 Å². The Bertz CT molecular complexity index is 165. The van der Waals surface area contributed by atoms with Gasteiger partial charge in [0.25, 0.3) is 0 Å². The van der Waals surface area contributed by atoms with Crippen LogP contribution in [0.15, 0.2) is 0 Å². The van der Waals surface area contributed by atoms with Gasteiger partial charge >= 0.3 is 0 Å². The van der Waals surface area contributed by atoms with Crippen molar-refractivity contribution in [1.82, 2.24) is 4.90 Å². The first-order chi connectivity index (χ1) is 6.86. The van der Waals surface area contributed by atoms with E-state index in [0.29, 0.717) is 5.92 Å². The molecule has 0 saturated carbocycles. The molecule has 0 amide bonds. The normalized spacial score (nSPS) is 31.9. The van der Waals surface area contributed by atoms with Gasteiger partial charge in [0, 0.05) is 32.2 Å². The van der Waals surface area contributed by atoms with Crippen LogP contribution in [-0.2, 0) is 9.47 Å². The molecular weight excluding hydrogens is 182 g/mol. The highest BCUT2D eigenvalue weighted by Crippen LogP contribution is 2.17. The molecule has 2 aliphatic rings. The Labute approximate surface area is 84.8 Å². The second kappa shape index (κ2) is 5.07. The van der Waals surface area contributed by atoms with E-state index in [0.717, 1.165) is 52.5 Å². The van der Waals surface area contributed by atoms with Crippen molar-refractivity contribution in [2.45, 2.75) is 12.5 Å². The Morgan fingerprint density at radius 3 is 2.64 bits per heavy atom. The average Bonchev–Trinajstić information content (AvgIpc) is 2.72. The Kier molecular flexibility index (Phi) is 3.75. The Morgan fingerprint density at radius 1 is 1.21 bits per heavy atom. The van der Waals surface area contributed by atoms with Crippen molar-refractivity contribution >= 4 is 0 Å². The molecule has 1 N–H and O–H groups in total. The molecule has 0 aromatic carbocycles. The van der Waals surface area contributed by atoms with Crippen molar-refractivity contribution in [3.8, 4) is 0 Å². The first-order valence-corrected chi connectivity index (χ1v) is 5.42. The van der Waals surface area contributed by atoms with Gasteiger partial charge in [0.05, 0.1) is 25.9 Å². The van der Waals surface area contributed by atoms with Crippen LogP contribution in [0.25, 0.3) is 0 Å². The summed E-state index contributed by atoms with van der Waals surface area (Å²) in [5.41, 5.74) is 0. The molecular formula is C10H19NO3. The van der Waals surface area contributed by atoms with Crippen molar-refractivity contribution in [2.24, 2.45) is 5.92 Å². The first kappa shape index (κ1) is 10.4. The van der Waals surface area contributed by atoms with Crippen molar-refractivity contribution in [1.29, 1.82) is 0 Å². The van der Waals surface area contributed by atoms with Crippen LogP contribution in [0.1, 0.15) is 6.42 Å². The Hall–Kier alpha value is -0.160. The number of aliphatic hydroxyl groups excluding tert-OH is 1. The van der Waals surface area contributed by atoms with E-state index in [1.54, 1.807) is 0 Å². The Morgan fingerprint density at radius 2 is 2.00 bits per heavy atom. The second-order valence-corrected chi connectivity index (χ2v) is 4.10. The number of hydrogen-bond acceptors (Lipinski definition) is 4. The summed E-state index contributed by atoms with van der Waals surface area (Å²) in [4.78, 5) is 2.27. The monoisotopic (exact) mass is 201 g/mol. The number of aliphatic hydroxyl groups is 1. The summed E-state index contributed by atoms with van der Waals surface area (Å²) in [7, 11) is 0. The van der Waals surface area contributed by atoms with Crippen molar-refractivity contribution < 1.29 is 14.6 Å². The molecule has 2 aliphatic heterocycles. The van der Waals surface area contributed by atoms with Gasteiger partial charge in [-0.2, -0.15) is 0 Å². The van der Waals surface area contributed by atoms with Crippen LogP contribution in [-0.4, -0.2) is 62.2 Å². The van der Waals surface area contributed by atoms with E-state index in [1.807, 2.05) is 0 Å². The summed E-state index contributed by atoms with van der Waals surface area (Å²) in [6.07, 6.45) is 0.779. The van der Waals surface area contributed by atoms with Crippen molar-refractivity contribution in [3.63, 3.8) is 0 Å². The lowest BCUT2D eigenvalue weighted by Crippen LogP contribution is -2.43. The van der Waals surface area contributed by atoms with Gasteiger partial charge in [-0.15, -0.1) is 0 Å². The lowest BCUT2D eigenvalue weighted by molar-refractivity contribution is -0.000489. The van der Waals surface area contributed by atoms with E-state index < -0.39 is 0 Å². The number of morpholine rings is 1. The minimum atomic E-state index is -0.226. The fraction of sp³-hybridized carbons (Fsp3) is 1.00. The van der Waals surface area contributed by atoms with E-state index in [-0.39, 0.29) is 6.10 Å². The zero-order valence-corrected chi connectivity index (χ0v) is 8.52. The number of rotatable bonds is 3. The highest BCUT2D eigenvalue weighted by Gasteiger charge is 2.26. The fourth-order valence-electron chi connectivity index (χ4n) is 2.05. The fourth-order valence-corrected chi connectivity index (χ4v) is 2.05.